The van der Waals surface area contributed by atoms with Crippen LogP contribution in [-0.2, 0) is 0 Å². The van der Waals surface area contributed by atoms with E-state index in [9.17, 15) is 4.79 Å². The van der Waals surface area contributed by atoms with E-state index in [4.69, 9.17) is 4.74 Å². The van der Waals surface area contributed by atoms with Gasteiger partial charge >= 0.3 is 0 Å². The molecule has 1 amide bonds. The molecular formula is C17H20N2O2. The lowest BCUT2D eigenvalue weighted by atomic mass is 10.2. The second-order valence-corrected chi connectivity index (χ2v) is 4.60. The van der Waals surface area contributed by atoms with Crippen LogP contribution in [0.3, 0.4) is 0 Å². The molecule has 0 aliphatic heterocycles. The van der Waals surface area contributed by atoms with Crippen molar-refractivity contribution in [2.45, 2.75) is 6.42 Å². The molecule has 2 aromatic carbocycles. The summed E-state index contributed by atoms with van der Waals surface area (Å²) in [5, 5.41) is 5.90. The topological polar surface area (TPSA) is 50.4 Å². The normalized spacial score (nSPS) is 9.95. The lowest BCUT2D eigenvalue weighted by Gasteiger charge is -2.08. The lowest BCUT2D eigenvalue weighted by molar-refractivity contribution is 0.0951. The maximum atomic E-state index is 11.9. The minimum absolute atomic E-state index is 0.0580. The minimum atomic E-state index is -0.0580. The number of hydrogen-bond donors (Lipinski definition) is 2. The predicted molar refractivity (Wildman–Crippen MR) is 84.9 cm³/mol. The Hall–Kier alpha value is -2.49. The van der Waals surface area contributed by atoms with E-state index in [1.54, 1.807) is 0 Å². The molecule has 0 saturated carbocycles. The van der Waals surface area contributed by atoms with Crippen LogP contribution in [0.5, 0.6) is 5.75 Å². The van der Waals surface area contributed by atoms with E-state index in [0.29, 0.717) is 18.7 Å². The molecule has 4 heteroatoms. The Morgan fingerprint density at radius 3 is 2.43 bits per heavy atom. The van der Waals surface area contributed by atoms with Gasteiger partial charge in [0, 0.05) is 24.8 Å². The molecule has 0 saturated heterocycles. The fourth-order valence-electron chi connectivity index (χ4n) is 1.87. The standard InChI is InChI=1S/C17H20N2O2/c1-18-15-10-8-14(9-11-15)17(20)19-12-5-13-21-16-6-3-2-4-7-16/h2-4,6-11,18H,5,12-13H2,1H3,(H,19,20). The zero-order chi connectivity index (χ0) is 14.9. The fourth-order valence-corrected chi connectivity index (χ4v) is 1.87. The van der Waals surface area contributed by atoms with Crippen molar-refractivity contribution >= 4 is 11.6 Å². The Balaban J connectivity index is 1.67. The Bertz CT molecular complexity index is 553. The van der Waals surface area contributed by atoms with Crippen molar-refractivity contribution in [3.63, 3.8) is 0 Å². The van der Waals surface area contributed by atoms with E-state index in [-0.39, 0.29) is 5.91 Å². The first kappa shape index (κ1) is 14.9. The van der Waals surface area contributed by atoms with Gasteiger partial charge in [-0.15, -0.1) is 0 Å². The monoisotopic (exact) mass is 284 g/mol. The Morgan fingerprint density at radius 1 is 1.05 bits per heavy atom. The van der Waals surface area contributed by atoms with Gasteiger partial charge in [0.25, 0.3) is 5.91 Å². The molecule has 0 atom stereocenters. The second-order valence-electron chi connectivity index (χ2n) is 4.60. The number of benzene rings is 2. The van der Waals surface area contributed by atoms with Crippen LogP contribution in [-0.4, -0.2) is 26.1 Å². The maximum absolute atomic E-state index is 11.9. The van der Waals surface area contributed by atoms with E-state index >= 15 is 0 Å². The van der Waals surface area contributed by atoms with Crippen molar-refractivity contribution in [3.8, 4) is 5.75 Å². The van der Waals surface area contributed by atoms with E-state index in [2.05, 4.69) is 10.6 Å². The average molecular weight is 284 g/mol. The SMILES string of the molecule is CNc1ccc(C(=O)NCCCOc2ccccc2)cc1. The molecule has 0 aromatic heterocycles. The van der Waals surface area contributed by atoms with E-state index in [1.807, 2.05) is 61.6 Å². The van der Waals surface area contributed by atoms with Crippen molar-refractivity contribution in [2.75, 3.05) is 25.5 Å². The third-order valence-corrected chi connectivity index (χ3v) is 3.05. The molecule has 4 nitrogen and oxygen atoms in total. The Labute approximate surface area is 125 Å². The molecule has 0 heterocycles. The van der Waals surface area contributed by atoms with E-state index in [1.165, 1.54) is 0 Å². The number of anilines is 1. The number of carbonyl (C=O) groups excluding carboxylic acids is 1. The summed E-state index contributed by atoms with van der Waals surface area (Å²) in [4.78, 5) is 11.9. The largest absolute Gasteiger partial charge is 0.494 e. The van der Waals surface area contributed by atoms with Gasteiger partial charge in [0.1, 0.15) is 5.75 Å². The van der Waals surface area contributed by atoms with Gasteiger partial charge in [-0.1, -0.05) is 18.2 Å². The quantitative estimate of drug-likeness (QED) is 0.769. The number of amides is 1. The molecule has 0 radical (unpaired) electrons. The highest BCUT2D eigenvalue weighted by molar-refractivity contribution is 5.94. The Morgan fingerprint density at radius 2 is 1.76 bits per heavy atom. The van der Waals surface area contributed by atoms with Gasteiger partial charge in [0.15, 0.2) is 0 Å². The third kappa shape index (κ3) is 4.84. The van der Waals surface area contributed by atoms with Crippen LogP contribution in [0.2, 0.25) is 0 Å². The molecule has 2 rings (SSSR count). The van der Waals surface area contributed by atoms with Gasteiger partial charge in [-0.3, -0.25) is 4.79 Å². The van der Waals surface area contributed by atoms with Crippen LogP contribution < -0.4 is 15.4 Å². The molecule has 0 aliphatic carbocycles. The molecule has 21 heavy (non-hydrogen) atoms. The smallest absolute Gasteiger partial charge is 0.251 e. The zero-order valence-corrected chi connectivity index (χ0v) is 12.1. The third-order valence-electron chi connectivity index (χ3n) is 3.05. The van der Waals surface area contributed by atoms with Gasteiger partial charge in [-0.2, -0.15) is 0 Å². The summed E-state index contributed by atoms with van der Waals surface area (Å²) in [6.07, 6.45) is 0.773. The number of rotatable bonds is 7. The molecule has 0 bridgehead atoms. The molecular weight excluding hydrogens is 264 g/mol. The summed E-state index contributed by atoms with van der Waals surface area (Å²) < 4.78 is 5.56. The van der Waals surface area contributed by atoms with E-state index in [0.717, 1.165) is 17.9 Å². The number of para-hydroxylation sites is 1. The number of hydrogen-bond acceptors (Lipinski definition) is 3. The Kier molecular flexibility index (Phi) is 5.64. The van der Waals surface area contributed by atoms with Crippen LogP contribution in [0.1, 0.15) is 16.8 Å². The van der Waals surface area contributed by atoms with Crippen molar-refractivity contribution in [2.24, 2.45) is 0 Å². The van der Waals surface area contributed by atoms with Gasteiger partial charge in [0.05, 0.1) is 6.61 Å². The van der Waals surface area contributed by atoms with Crippen molar-refractivity contribution in [1.29, 1.82) is 0 Å². The summed E-state index contributed by atoms with van der Waals surface area (Å²) in [7, 11) is 1.85. The first-order valence-corrected chi connectivity index (χ1v) is 7.03. The van der Waals surface area contributed by atoms with Crippen LogP contribution >= 0.6 is 0 Å². The second kappa shape index (κ2) is 7.94. The zero-order valence-electron chi connectivity index (χ0n) is 12.1. The molecule has 0 aliphatic rings. The maximum Gasteiger partial charge on any atom is 0.251 e. The highest BCUT2D eigenvalue weighted by atomic mass is 16.5. The van der Waals surface area contributed by atoms with Gasteiger partial charge in [0.2, 0.25) is 0 Å². The molecule has 2 aromatic rings. The highest BCUT2D eigenvalue weighted by Crippen LogP contribution is 2.09. The summed E-state index contributed by atoms with van der Waals surface area (Å²) >= 11 is 0. The van der Waals surface area contributed by atoms with Crippen molar-refractivity contribution in [3.05, 3.63) is 60.2 Å². The molecule has 2 N–H and O–H groups in total. The molecule has 0 spiro atoms. The van der Waals surface area contributed by atoms with Gasteiger partial charge in [-0.25, -0.2) is 0 Å². The first-order valence-electron chi connectivity index (χ1n) is 7.03. The van der Waals surface area contributed by atoms with Crippen molar-refractivity contribution in [1.82, 2.24) is 5.32 Å². The van der Waals surface area contributed by atoms with Crippen molar-refractivity contribution < 1.29 is 9.53 Å². The average Bonchev–Trinajstić information content (AvgIpc) is 2.55. The van der Waals surface area contributed by atoms with E-state index < -0.39 is 0 Å². The van der Waals surface area contributed by atoms with Crippen LogP contribution in [0.25, 0.3) is 0 Å². The predicted octanol–water partition coefficient (Wildman–Crippen LogP) is 2.93. The fraction of sp³-hybridized carbons (Fsp3) is 0.235. The summed E-state index contributed by atoms with van der Waals surface area (Å²) in [6, 6.07) is 17.0. The summed E-state index contributed by atoms with van der Waals surface area (Å²) in [6.45, 7) is 1.18. The first-order chi connectivity index (χ1) is 10.3. The molecule has 110 valence electrons. The summed E-state index contributed by atoms with van der Waals surface area (Å²) in [5.41, 5.74) is 1.65. The van der Waals surface area contributed by atoms with Crippen LogP contribution in [0.15, 0.2) is 54.6 Å². The van der Waals surface area contributed by atoms with Gasteiger partial charge in [-0.05, 0) is 42.8 Å². The number of ether oxygens (including phenoxy) is 1. The molecule has 0 unspecified atom stereocenters. The lowest BCUT2D eigenvalue weighted by Crippen LogP contribution is -2.25. The number of nitrogens with one attached hydrogen (secondary N) is 2. The number of carbonyl (C=O) groups is 1. The van der Waals surface area contributed by atoms with Gasteiger partial charge < -0.3 is 15.4 Å². The minimum Gasteiger partial charge on any atom is -0.494 e. The summed E-state index contributed by atoms with van der Waals surface area (Å²) in [5.74, 6) is 0.795. The van der Waals surface area contributed by atoms with Crippen LogP contribution in [0, 0.1) is 0 Å². The highest BCUT2D eigenvalue weighted by Gasteiger charge is 2.04. The van der Waals surface area contributed by atoms with Crippen LogP contribution in [0.4, 0.5) is 5.69 Å². The molecule has 0 fully saturated rings.